The van der Waals surface area contributed by atoms with E-state index in [0.717, 1.165) is 0 Å². The molecule has 0 bridgehead atoms. The van der Waals surface area contributed by atoms with E-state index < -0.39 is 29.9 Å². The summed E-state index contributed by atoms with van der Waals surface area (Å²) in [4.78, 5) is 32.2. The Labute approximate surface area is 97.9 Å². The first-order valence-corrected chi connectivity index (χ1v) is 5.19. The van der Waals surface area contributed by atoms with Crippen LogP contribution in [-0.4, -0.2) is 34.7 Å². The summed E-state index contributed by atoms with van der Waals surface area (Å²) >= 11 is 0. The third-order valence-electron chi connectivity index (χ3n) is 2.90. The van der Waals surface area contributed by atoms with Crippen LogP contribution in [0.25, 0.3) is 0 Å². The fourth-order valence-electron chi connectivity index (χ4n) is 2.11. The van der Waals surface area contributed by atoms with Gasteiger partial charge in [0.15, 0.2) is 0 Å². The van der Waals surface area contributed by atoms with Crippen LogP contribution in [0.4, 0.5) is 0 Å². The largest absolute Gasteiger partial charge is 0.481 e. The highest BCUT2D eigenvalue weighted by Crippen LogP contribution is 2.33. The molecular weight excluding hydrogens is 228 g/mol. The summed E-state index contributed by atoms with van der Waals surface area (Å²) < 4.78 is 4.78. The van der Waals surface area contributed by atoms with Gasteiger partial charge in [0.25, 0.3) is 6.47 Å². The van der Waals surface area contributed by atoms with Crippen LogP contribution in [-0.2, 0) is 19.1 Å². The van der Waals surface area contributed by atoms with Crippen molar-refractivity contribution in [1.29, 1.82) is 0 Å². The molecule has 1 rings (SSSR count). The molecule has 0 radical (unpaired) electrons. The minimum atomic E-state index is -1.15. The van der Waals surface area contributed by atoms with Crippen molar-refractivity contribution in [3.63, 3.8) is 0 Å². The zero-order chi connectivity index (χ0) is 13.0. The summed E-state index contributed by atoms with van der Waals surface area (Å²) in [6.07, 6.45) is 2.14. The maximum absolute atomic E-state index is 11.2. The molecule has 0 saturated heterocycles. The van der Waals surface area contributed by atoms with Crippen LogP contribution >= 0.6 is 0 Å². The van der Waals surface area contributed by atoms with E-state index in [0.29, 0.717) is 0 Å². The minimum Gasteiger partial charge on any atom is -0.481 e. The molecule has 0 aliphatic heterocycles. The Kier molecular flexibility index (Phi) is 4.25. The molecule has 1 aliphatic carbocycles. The van der Waals surface area contributed by atoms with Gasteiger partial charge in [-0.25, -0.2) is 0 Å². The molecule has 6 nitrogen and oxygen atoms in total. The van der Waals surface area contributed by atoms with E-state index in [1.807, 2.05) is 0 Å². The average molecular weight is 242 g/mol. The highest BCUT2D eigenvalue weighted by molar-refractivity contribution is 5.74. The van der Waals surface area contributed by atoms with Gasteiger partial charge in [0.2, 0.25) is 0 Å². The van der Waals surface area contributed by atoms with Crippen molar-refractivity contribution in [2.24, 2.45) is 17.8 Å². The number of ether oxygens (including phenoxy) is 1. The lowest BCUT2D eigenvalue weighted by Crippen LogP contribution is -2.42. The SMILES string of the molecule is CC1C=CC(CC(=O)O)C(C(=O)O)C1OC=O. The van der Waals surface area contributed by atoms with Crippen molar-refractivity contribution in [2.75, 3.05) is 0 Å². The van der Waals surface area contributed by atoms with Gasteiger partial charge in [-0.2, -0.15) is 0 Å². The fourth-order valence-corrected chi connectivity index (χ4v) is 2.11. The highest BCUT2D eigenvalue weighted by Gasteiger charge is 2.41. The van der Waals surface area contributed by atoms with Crippen LogP contribution in [0.1, 0.15) is 13.3 Å². The predicted molar refractivity (Wildman–Crippen MR) is 56.1 cm³/mol. The smallest absolute Gasteiger partial charge is 0.310 e. The van der Waals surface area contributed by atoms with Crippen molar-refractivity contribution in [2.45, 2.75) is 19.4 Å². The van der Waals surface area contributed by atoms with Gasteiger partial charge in [0.05, 0.1) is 6.42 Å². The fraction of sp³-hybridized carbons (Fsp3) is 0.545. The van der Waals surface area contributed by atoms with Crippen molar-refractivity contribution < 1.29 is 29.3 Å². The Hall–Kier alpha value is -1.85. The number of carbonyl (C=O) groups is 3. The predicted octanol–water partition coefficient (Wildman–Crippen LogP) is 0.526. The van der Waals surface area contributed by atoms with Crippen molar-refractivity contribution in [1.82, 2.24) is 0 Å². The molecule has 4 atom stereocenters. The summed E-state index contributed by atoms with van der Waals surface area (Å²) in [6, 6.07) is 0. The van der Waals surface area contributed by atoms with E-state index in [9.17, 15) is 14.4 Å². The molecule has 2 N–H and O–H groups in total. The van der Waals surface area contributed by atoms with Gasteiger partial charge >= 0.3 is 11.9 Å². The van der Waals surface area contributed by atoms with Crippen LogP contribution in [0.15, 0.2) is 12.2 Å². The molecule has 0 aromatic carbocycles. The zero-order valence-electron chi connectivity index (χ0n) is 9.28. The Balaban J connectivity index is 2.97. The first kappa shape index (κ1) is 13.2. The number of hydrogen-bond acceptors (Lipinski definition) is 4. The first-order valence-electron chi connectivity index (χ1n) is 5.19. The van der Waals surface area contributed by atoms with Crippen molar-refractivity contribution in [3.8, 4) is 0 Å². The normalized spacial score (nSPS) is 31.8. The topological polar surface area (TPSA) is 101 Å². The second-order valence-electron chi connectivity index (χ2n) is 4.07. The van der Waals surface area contributed by atoms with Gasteiger partial charge < -0.3 is 14.9 Å². The number of carboxylic acid groups (broad SMARTS) is 2. The molecule has 6 heteroatoms. The number of rotatable bonds is 5. The Morgan fingerprint density at radius 2 is 2.00 bits per heavy atom. The van der Waals surface area contributed by atoms with Gasteiger partial charge in [0.1, 0.15) is 12.0 Å². The highest BCUT2D eigenvalue weighted by atomic mass is 16.5. The summed E-state index contributed by atoms with van der Waals surface area (Å²) in [5.41, 5.74) is 0. The van der Waals surface area contributed by atoms with Crippen LogP contribution in [0.3, 0.4) is 0 Å². The molecule has 17 heavy (non-hydrogen) atoms. The van der Waals surface area contributed by atoms with Crippen LogP contribution in [0.5, 0.6) is 0 Å². The third-order valence-corrected chi connectivity index (χ3v) is 2.90. The molecule has 4 unspecified atom stereocenters. The van der Waals surface area contributed by atoms with E-state index in [-0.39, 0.29) is 18.8 Å². The Morgan fingerprint density at radius 1 is 1.35 bits per heavy atom. The maximum Gasteiger partial charge on any atom is 0.310 e. The van der Waals surface area contributed by atoms with Gasteiger partial charge in [0, 0.05) is 11.8 Å². The Morgan fingerprint density at radius 3 is 2.47 bits per heavy atom. The molecule has 0 aromatic heterocycles. The maximum atomic E-state index is 11.2. The second-order valence-corrected chi connectivity index (χ2v) is 4.07. The van der Waals surface area contributed by atoms with E-state index in [4.69, 9.17) is 14.9 Å². The number of hydrogen-bond donors (Lipinski definition) is 2. The molecule has 0 aromatic rings. The summed E-state index contributed by atoms with van der Waals surface area (Å²) in [7, 11) is 0. The molecule has 0 spiro atoms. The number of carbonyl (C=O) groups excluding carboxylic acids is 1. The lowest BCUT2D eigenvalue weighted by Gasteiger charge is -2.33. The van der Waals surface area contributed by atoms with E-state index in [1.165, 1.54) is 0 Å². The van der Waals surface area contributed by atoms with E-state index >= 15 is 0 Å². The lowest BCUT2D eigenvalue weighted by molar-refractivity contribution is -0.156. The average Bonchev–Trinajstić information content (AvgIpc) is 2.22. The monoisotopic (exact) mass is 242 g/mol. The number of aliphatic carboxylic acids is 2. The standard InChI is InChI=1S/C11H14O6/c1-6-2-3-7(4-8(13)14)9(11(15)16)10(6)17-5-12/h2-3,5-7,9-10H,4H2,1H3,(H,13,14)(H,15,16). The van der Waals surface area contributed by atoms with Gasteiger partial charge in [-0.05, 0) is 0 Å². The molecule has 0 saturated carbocycles. The number of carboxylic acids is 2. The Bertz CT molecular complexity index is 348. The van der Waals surface area contributed by atoms with Crippen LogP contribution < -0.4 is 0 Å². The van der Waals surface area contributed by atoms with E-state index in [2.05, 4.69) is 0 Å². The first-order chi connectivity index (χ1) is 7.97. The van der Waals surface area contributed by atoms with Crippen LogP contribution in [0, 0.1) is 17.8 Å². The molecule has 0 amide bonds. The van der Waals surface area contributed by atoms with Crippen LogP contribution in [0.2, 0.25) is 0 Å². The molecule has 94 valence electrons. The quantitative estimate of drug-likeness (QED) is 0.538. The summed E-state index contributed by atoms with van der Waals surface area (Å²) in [5.74, 6) is -4.15. The summed E-state index contributed by atoms with van der Waals surface area (Å²) in [6.45, 7) is 1.92. The lowest BCUT2D eigenvalue weighted by atomic mass is 9.75. The summed E-state index contributed by atoms with van der Waals surface area (Å²) in [5, 5.41) is 17.8. The molecule has 0 fully saturated rings. The van der Waals surface area contributed by atoms with Gasteiger partial charge in [-0.3, -0.25) is 14.4 Å². The second kappa shape index (κ2) is 5.47. The molecule has 1 aliphatic rings. The van der Waals surface area contributed by atoms with Crippen molar-refractivity contribution in [3.05, 3.63) is 12.2 Å². The van der Waals surface area contributed by atoms with E-state index in [1.54, 1.807) is 19.1 Å². The molecule has 0 heterocycles. The van der Waals surface area contributed by atoms with Gasteiger partial charge in [-0.1, -0.05) is 19.1 Å². The molecular formula is C11H14O6. The number of allylic oxidation sites excluding steroid dienone is 1. The van der Waals surface area contributed by atoms with Gasteiger partial charge in [-0.15, -0.1) is 0 Å². The van der Waals surface area contributed by atoms with Crippen molar-refractivity contribution >= 4 is 18.4 Å². The third kappa shape index (κ3) is 3.05. The minimum absolute atomic E-state index is 0.202. The zero-order valence-corrected chi connectivity index (χ0v) is 9.28.